The van der Waals surface area contributed by atoms with E-state index in [0.29, 0.717) is 5.92 Å². The second-order valence-electron chi connectivity index (χ2n) is 4.35. The molecule has 1 aliphatic carbocycles. The standard InChI is InChI=1S/C13H15ClO2/c1-8-7-10(5-6-11(8)14)12(9-3-4-9)13(15)16-2/h5-7,9,12H,3-4H2,1-2H3. The molecule has 2 rings (SSSR count). The van der Waals surface area contributed by atoms with E-state index >= 15 is 0 Å². The molecule has 1 saturated carbocycles. The first kappa shape index (κ1) is 11.5. The third-order valence-electron chi connectivity index (χ3n) is 3.09. The molecule has 0 spiro atoms. The van der Waals surface area contributed by atoms with Gasteiger partial charge in [0, 0.05) is 5.02 Å². The fourth-order valence-corrected chi connectivity index (χ4v) is 2.14. The molecule has 1 atom stereocenters. The number of rotatable bonds is 3. The van der Waals surface area contributed by atoms with Crippen LogP contribution in [0.3, 0.4) is 0 Å². The Kier molecular flexibility index (Phi) is 3.20. The van der Waals surface area contributed by atoms with Crippen LogP contribution in [-0.4, -0.2) is 13.1 Å². The zero-order chi connectivity index (χ0) is 11.7. The van der Waals surface area contributed by atoms with Crippen molar-refractivity contribution in [3.8, 4) is 0 Å². The summed E-state index contributed by atoms with van der Waals surface area (Å²) in [5.74, 6) is 0.207. The summed E-state index contributed by atoms with van der Waals surface area (Å²) in [6.07, 6.45) is 2.23. The number of methoxy groups -OCH3 is 1. The quantitative estimate of drug-likeness (QED) is 0.756. The molecule has 86 valence electrons. The second-order valence-corrected chi connectivity index (χ2v) is 4.75. The van der Waals surface area contributed by atoms with Gasteiger partial charge < -0.3 is 4.74 Å². The third kappa shape index (κ3) is 2.22. The van der Waals surface area contributed by atoms with Gasteiger partial charge in [0.1, 0.15) is 0 Å². The van der Waals surface area contributed by atoms with Gasteiger partial charge in [0.25, 0.3) is 0 Å². The number of benzene rings is 1. The summed E-state index contributed by atoms with van der Waals surface area (Å²) < 4.78 is 4.87. The summed E-state index contributed by atoms with van der Waals surface area (Å²) in [6, 6.07) is 5.77. The largest absolute Gasteiger partial charge is 0.469 e. The molecule has 0 aliphatic heterocycles. The van der Waals surface area contributed by atoms with Crippen molar-refractivity contribution >= 4 is 17.6 Å². The van der Waals surface area contributed by atoms with Crippen molar-refractivity contribution in [3.63, 3.8) is 0 Å². The zero-order valence-corrected chi connectivity index (χ0v) is 10.3. The highest BCUT2D eigenvalue weighted by Gasteiger charge is 2.38. The maximum atomic E-state index is 11.7. The molecule has 1 unspecified atom stereocenters. The monoisotopic (exact) mass is 238 g/mol. The molecule has 1 aromatic carbocycles. The molecule has 0 amide bonds. The van der Waals surface area contributed by atoms with E-state index in [9.17, 15) is 4.79 Å². The summed E-state index contributed by atoms with van der Waals surface area (Å²) in [5.41, 5.74) is 2.03. The van der Waals surface area contributed by atoms with E-state index < -0.39 is 0 Å². The van der Waals surface area contributed by atoms with Gasteiger partial charge in [-0.1, -0.05) is 23.7 Å². The number of ether oxygens (including phenoxy) is 1. The molecule has 0 N–H and O–H groups in total. The van der Waals surface area contributed by atoms with Crippen molar-refractivity contribution in [1.29, 1.82) is 0 Å². The Labute approximate surface area is 101 Å². The second kappa shape index (κ2) is 4.46. The molecule has 1 aliphatic rings. The van der Waals surface area contributed by atoms with Crippen molar-refractivity contribution in [1.82, 2.24) is 0 Å². The minimum absolute atomic E-state index is 0.110. The Morgan fingerprint density at radius 3 is 2.69 bits per heavy atom. The van der Waals surface area contributed by atoms with Crippen LogP contribution in [-0.2, 0) is 9.53 Å². The fourth-order valence-electron chi connectivity index (χ4n) is 2.02. The molecule has 1 fully saturated rings. The maximum Gasteiger partial charge on any atom is 0.313 e. The van der Waals surface area contributed by atoms with Crippen LogP contribution < -0.4 is 0 Å². The molecule has 2 nitrogen and oxygen atoms in total. The van der Waals surface area contributed by atoms with Crippen LogP contribution in [0.1, 0.15) is 29.9 Å². The Hall–Kier alpha value is -1.02. The molecule has 0 bridgehead atoms. The molecular formula is C13H15ClO2. The number of hydrogen-bond donors (Lipinski definition) is 0. The molecule has 3 heteroatoms. The number of carbonyl (C=O) groups is 1. The number of aryl methyl sites for hydroxylation is 1. The minimum atomic E-state index is -0.135. The molecular weight excluding hydrogens is 224 g/mol. The Morgan fingerprint density at radius 2 is 2.19 bits per heavy atom. The van der Waals surface area contributed by atoms with Crippen LogP contribution in [0.4, 0.5) is 0 Å². The number of carbonyl (C=O) groups excluding carboxylic acids is 1. The highest BCUT2D eigenvalue weighted by molar-refractivity contribution is 6.31. The van der Waals surface area contributed by atoms with Crippen molar-refractivity contribution in [2.24, 2.45) is 5.92 Å². The fraction of sp³-hybridized carbons (Fsp3) is 0.462. The van der Waals surface area contributed by atoms with Gasteiger partial charge in [-0.15, -0.1) is 0 Å². The lowest BCUT2D eigenvalue weighted by Gasteiger charge is -2.15. The summed E-state index contributed by atoms with van der Waals surface area (Å²) in [6.45, 7) is 1.95. The van der Waals surface area contributed by atoms with E-state index in [1.54, 1.807) is 0 Å². The van der Waals surface area contributed by atoms with Gasteiger partial charge in [0.2, 0.25) is 0 Å². The number of esters is 1. The predicted molar refractivity (Wildman–Crippen MR) is 63.7 cm³/mol. The summed E-state index contributed by atoms with van der Waals surface area (Å²) >= 11 is 5.98. The summed E-state index contributed by atoms with van der Waals surface area (Å²) in [4.78, 5) is 11.7. The Bertz CT molecular complexity index is 410. The molecule has 1 aromatic rings. The van der Waals surface area contributed by atoms with E-state index in [2.05, 4.69) is 0 Å². The van der Waals surface area contributed by atoms with Gasteiger partial charge in [-0.2, -0.15) is 0 Å². The Balaban J connectivity index is 2.31. The van der Waals surface area contributed by atoms with E-state index in [1.165, 1.54) is 7.11 Å². The normalized spacial score (nSPS) is 16.9. The first-order chi connectivity index (χ1) is 7.63. The lowest BCUT2D eigenvalue weighted by Crippen LogP contribution is -2.16. The minimum Gasteiger partial charge on any atom is -0.469 e. The summed E-state index contributed by atoms with van der Waals surface area (Å²) in [5, 5.41) is 0.739. The SMILES string of the molecule is COC(=O)C(c1ccc(Cl)c(C)c1)C1CC1. The topological polar surface area (TPSA) is 26.3 Å². The highest BCUT2D eigenvalue weighted by Crippen LogP contribution is 2.43. The van der Waals surface area contributed by atoms with Crippen molar-refractivity contribution in [2.45, 2.75) is 25.7 Å². The van der Waals surface area contributed by atoms with Crippen LogP contribution >= 0.6 is 11.6 Å². The maximum absolute atomic E-state index is 11.7. The van der Waals surface area contributed by atoms with Crippen LogP contribution in [0, 0.1) is 12.8 Å². The molecule has 0 aromatic heterocycles. The Morgan fingerprint density at radius 1 is 1.50 bits per heavy atom. The smallest absolute Gasteiger partial charge is 0.313 e. The highest BCUT2D eigenvalue weighted by atomic mass is 35.5. The van der Waals surface area contributed by atoms with E-state index in [-0.39, 0.29) is 11.9 Å². The van der Waals surface area contributed by atoms with Crippen molar-refractivity contribution in [3.05, 3.63) is 34.3 Å². The predicted octanol–water partition coefficient (Wildman–Crippen LogP) is 3.32. The van der Waals surface area contributed by atoms with Gasteiger partial charge >= 0.3 is 5.97 Å². The lowest BCUT2D eigenvalue weighted by atomic mass is 9.93. The molecule has 0 saturated heterocycles. The lowest BCUT2D eigenvalue weighted by molar-refractivity contribution is -0.143. The van der Waals surface area contributed by atoms with Gasteiger partial charge in [-0.25, -0.2) is 0 Å². The van der Waals surface area contributed by atoms with E-state index in [1.807, 2.05) is 25.1 Å². The number of halogens is 1. The van der Waals surface area contributed by atoms with Gasteiger partial charge in [0.05, 0.1) is 13.0 Å². The summed E-state index contributed by atoms with van der Waals surface area (Å²) in [7, 11) is 1.44. The van der Waals surface area contributed by atoms with Crippen LogP contribution in [0.5, 0.6) is 0 Å². The first-order valence-electron chi connectivity index (χ1n) is 5.47. The van der Waals surface area contributed by atoms with Crippen molar-refractivity contribution < 1.29 is 9.53 Å². The zero-order valence-electron chi connectivity index (χ0n) is 9.50. The van der Waals surface area contributed by atoms with Crippen molar-refractivity contribution in [2.75, 3.05) is 7.11 Å². The van der Waals surface area contributed by atoms with Gasteiger partial charge in [0.15, 0.2) is 0 Å². The molecule has 0 heterocycles. The van der Waals surface area contributed by atoms with E-state index in [4.69, 9.17) is 16.3 Å². The third-order valence-corrected chi connectivity index (χ3v) is 3.51. The average molecular weight is 239 g/mol. The number of hydrogen-bond acceptors (Lipinski definition) is 2. The van der Waals surface area contributed by atoms with Gasteiger partial charge in [-0.3, -0.25) is 4.79 Å². The molecule has 16 heavy (non-hydrogen) atoms. The van der Waals surface area contributed by atoms with E-state index in [0.717, 1.165) is 29.0 Å². The van der Waals surface area contributed by atoms with Crippen LogP contribution in [0.2, 0.25) is 5.02 Å². The first-order valence-corrected chi connectivity index (χ1v) is 5.85. The molecule has 0 radical (unpaired) electrons. The van der Waals surface area contributed by atoms with Crippen LogP contribution in [0.25, 0.3) is 0 Å². The van der Waals surface area contributed by atoms with Gasteiger partial charge in [-0.05, 0) is 42.9 Å². The average Bonchev–Trinajstić information content (AvgIpc) is 3.07. The van der Waals surface area contributed by atoms with Crippen LogP contribution in [0.15, 0.2) is 18.2 Å².